The zero-order valence-corrected chi connectivity index (χ0v) is 30.9. The predicted octanol–water partition coefficient (Wildman–Crippen LogP) is 5.61. The van der Waals surface area contributed by atoms with Crippen molar-refractivity contribution in [2.75, 3.05) is 31.5 Å². The minimum Gasteiger partial charge on any atom is -0.504 e. The van der Waals surface area contributed by atoms with Crippen molar-refractivity contribution in [2.45, 2.75) is 57.8 Å². The number of likely N-dealkylation sites (tertiary alicyclic amines) is 2. The van der Waals surface area contributed by atoms with E-state index in [2.05, 4.69) is 30.3 Å². The highest BCUT2D eigenvalue weighted by Crippen LogP contribution is 2.46. The van der Waals surface area contributed by atoms with Crippen LogP contribution in [0.4, 0.5) is 23.2 Å². The van der Waals surface area contributed by atoms with Crippen LogP contribution in [-0.4, -0.2) is 82.0 Å². The summed E-state index contributed by atoms with van der Waals surface area (Å²) in [4.78, 5) is 57.9. The fraction of sp³-hybridized carbons (Fsp3) is 0.342. The van der Waals surface area contributed by atoms with Gasteiger partial charge < -0.3 is 19.9 Å². The molecule has 56 heavy (non-hydrogen) atoms. The van der Waals surface area contributed by atoms with E-state index in [0.29, 0.717) is 29.4 Å². The molecule has 3 aromatic heterocycles. The van der Waals surface area contributed by atoms with Gasteiger partial charge in [0, 0.05) is 25.0 Å². The summed E-state index contributed by atoms with van der Waals surface area (Å²) in [5.41, 5.74) is -0.244. The van der Waals surface area contributed by atoms with Gasteiger partial charge in [-0.1, -0.05) is 23.7 Å². The van der Waals surface area contributed by atoms with Crippen LogP contribution >= 0.6 is 11.6 Å². The van der Waals surface area contributed by atoms with Crippen LogP contribution in [0.1, 0.15) is 64.8 Å². The summed E-state index contributed by atoms with van der Waals surface area (Å²) in [6.45, 7) is 5.68. The lowest BCUT2D eigenvalue weighted by molar-refractivity contribution is -0.137. The number of aryl methyl sites for hydroxylation is 1. The molecule has 290 valence electrons. The fourth-order valence-corrected chi connectivity index (χ4v) is 8.00. The topological polar surface area (TPSA) is 151 Å². The molecule has 0 bridgehead atoms. The number of nitrogens with one attached hydrogen (secondary N) is 1. The average molecular weight is 792 g/mol. The number of allylic oxidation sites excluding steroid dienone is 2. The van der Waals surface area contributed by atoms with Gasteiger partial charge in [-0.3, -0.25) is 19.3 Å². The largest absolute Gasteiger partial charge is 0.504 e. The first-order valence-electron chi connectivity index (χ1n) is 17.8. The monoisotopic (exact) mass is 791 g/mol. The number of hydrogen-bond acceptors (Lipinski definition) is 9. The van der Waals surface area contributed by atoms with Crippen molar-refractivity contribution in [1.82, 2.24) is 38.9 Å². The number of benzene rings is 2. The summed E-state index contributed by atoms with van der Waals surface area (Å²) in [6, 6.07) is 7.29. The zero-order valence-electron chi connectivity index (χ0n) is 30.1. The molecule has 2 aliphatic heterocycles. The summed E-state index contributed by atoms with van der Waals surface area (Å²) in [6.07, 6.45) is 0.136. The van der Waals surface area contributed by atoms with E-state index >= 15 is 4.39 Å². The number of aromatic nitrogens is 6. The lowest BCUT2D eigenvalue weighted by Gasteiger charge is -2.38. The summed E-state index contributed by atoms with van der Waals surface area (Å²) in [5, 5.41) is 17.2. The third kappa shape index (κ3) is 6.47. The lowest BCUT2D eigenvalue weighted by atomic mass is 9.75. The maximum atomic E-state index is 15.7. The highest BCUT2D eigenvalue weighted by molar-refractivity contribution is 6.33. The van der Waals surface area contributed by atoms with E-state index in [4.69, 9.17) is 11.6 Å². The number of aromatic hydroxyl groups is 1. The van der Waals surface area contributed by atoms with Gasteiger partial charge in [-0.2, -0.15) is 22.7 Å². The second-order valence-corrected chi connectivity index (χ2v) is 14.8. The van der Waals surface area contributed by atoms with Gasteiger partial charge in [0.1, 0.15) is 18.7 Å². The molecule has 0 unspecified atom stereocenters. The van der Waals surface area contributed by atoms with E-state index in [-0.39, 0.29) is 70.9 Å². The number of fused-ring (bicyclic) bond motifs is 3. The Hall–Kier alpha value is -5.68. The van der Waals surface area contributed by atoms with E-state index in [1.807, 2.05) is 6.08 Å². The molecule has 2 aromatic carbocycles. The Balaban J connectivity index is 1.18. The Kier molecular flexibility index (Phi) is 9.19. The van der Waals surface area contributed by atoms with Crippen molar-refractivity contribution in [3.05, 3.63) is 104 Å². The van der Waals surface area contributed by atoms with Crippen molar-refractivity contribution in [1.29, 1.82) is 0 Å². The molecule has 13 nitrogen and oxygen atoms in total. The van der Waals surface area contributed by atoms with Gasteiger partial charge in [-0.25, -0.2) is 14.4 Å². The third-order valence-corrected chi connectivity index (χ3v) is 11.1. The van der Waals surface area contributed by atoms with Crippen LogP contribution in [0.2, 0.25) is 5.02 Å². The number of halogens is 5. The van der Waals surface area contributed by atoms with Gasteiger partial charge in [0.15, 0.2) is 17.3 Å². The van der Waals surface area contributed by atoms with Gasteiger partial charge in [0.2, 0.25) is 11.7 Å². The second-order valence-electron chi connectivity index (χ2n) is 14.4. The van der Waals surface area contributed by atoms with Crippen LogP contribution in [0.3, 0.4) is 0 Å². The van der Waals surface area contributed by atoms with E-state index in [9.17, 15) is 32.7 Å². The van der Waals surface area contributed by atoms with E-state index < -0.39 is 46.9 Å². The molecule has 2 N–H and O–H groups in total. The number of anilines is 1. The number of rotatable bonds is 7. The van der Waals surface area contributed by atoms with Crippen molar-refractivity contribution in [3.63, 3.8) is 0 Å². The standard InChI is InChI=1S/C38H34ClF4N9O4/c1-20-16-37(8-12-50(13-9-37)35(56)30-32(54)21(2)44-19-45-30)29-31(20)51(18-28(53)46-27-7-5-23(15-25(27)39)38(41,42)43)36-47-33(48-52(36)34(29)55)24-6-4-22(14-26(24)40)17-49-10-3-11-49/h4-7,14-16,19,54H,3,8-13,17-18H2,1-2H3,(H,46,53). The van der Waals surface area contributed by atoms with Crippen molar-refractivity contribution >= 4 is 40.5 Å². The van der Waals surface area contributed by atoms with Crippen molar-refractivity contribution < 1.29 is 32.3 Å². The van der Waals surface area contributed by atoms with E-state index in [1.165, 1.54) is 21.9 Å². The van der Waals surface area contributed by atoms with Crippen LogP contribution in [0, 0.1) is 12.7 Å². The second kappa shape index (κ2) is 13.8. The zero-order chi connectivity index (χ0) is 39.7. The van der Waals surface area contributed by atoms with Gasteiger partial charge >= 0.3 is 6.18 Å². The fourth-order valence-electron chi connectivity index (χ4n) is 7.77. The quantitative estimate of drug-likeness (QED) is 0.201. The van der Waals surface area contributed by atoms with Crippen LogP contribution in [0.15, 0.2) is 53.6 Å². The minimum atomic E-state index is -4.64. The number of carbonyl (C=O) groups excluding carboxylic acids is 2. The Bertz CT molecular complexity index is 2540. The minimum absolute atomic E-state index is 0.0464. The van der Waals surface area contributed by atoms with Gasteiger partial charge in [0.05, 0.1) is 38.8 Å². The van der Waals surface area contributed by atoms with Crippen LogP contribution in [0.25, 0.3) is 22.7 Å². The lowest BCUT2D eigenvalue weighted by Crippen LogP contribution is -2.46. The van der Waals surface area contributed by atoms with E-state index in [1.54, 1.807) is 26.0 Å². The Morgan fingerprint density at radius 1 is 1.04 bits per heavy atom. The van der Waals surface area contributed by atoms with Crippen LogP contribution in [0.5, 0.6) is 5.75 Å². The molecule has 0 atom stereocenters. The molecule has 1 aliphatic carbocycles. The highest BCUT2D eigenvalue weighted by atomic mass is 35.5. The molecule has 18 heteroatoms. The molecule has 1 spiro atoms. The van der Waals surface area contributed by atoms with Gasteiger partial charge in [0.25, 0.3) is 11.5 Å². The first-order valence-corrected chi connectivity index (χ1v) is 18.2. The molecule has 0 radical (unpaired) electrons. The van der Waals surface area contributed by atoms with Gasteiger partial charge in [-0.15, -0.1) is 5.10 Å². The molecule has 8 rings (SSSR count). The molecule has 2 saturated heterocycles. The Morgan fingerprint density at radius 3 is 2.45 bits per heavy atom. The molecular weight excluding hydrogens is 758 g/mol. The van der Waals surface area contributed by atoms with E-state index in [0.717, 1.165) is 41.7 Å². The van der Waals surface area contributed by atoms with Crippen molar-refractivity contribution in [3.8, 4) is 17.1 Å². The molecule has 5 aromatic rings. The SMILES string of the molecule is CC1=CC2(CCN(C(=O)c3ncnc(C)c3O)CC2)c2c1n(CC(=O)Nc1ccc(C(F)(F)F)cc1Cl)c1nc(-c3ccc(CN4CCC4)cc3F)nn1c2=O. The number of nitrogens with zero attached hydrogens (tertiary/aromatic N) is 8. The molecule has 5 heterocycles. The number of carbonyl (C=O) groups is 2. The molecule has 2 fully saturated rings. The Labute approximate surface area is 321 Å². The van der Waals surface area contributed by atoms with Gasteiger partial charge in [-0.05, 0) is 87.7 Å². The number of amides is 2. The smallest absolute Gasteiger partial charge is 0.416 e. The third-order valence-electron chi connectivity index (χ3n) is 10.8. The predicted molar refractivity (Wildman–Crippen MR) is 197 cm³/mol. The number of alkyl halides is 3. The maximum absolute atomic E-state index is 15.7. The first kappa shape index (κ1) is 37.3. The summed E-state index contributed by atoms with van der Waals surface area (Å²) >= 11 is 6.15. The average Bonchev–Trinajstić information content (AvgIpc) is 3.70. The molecular formula is C38H34ClF4N9O4. The number of piperidine rings is 1. The molecule has 3 aliphatic rings. The Morgan fingerprint density at radius 2 is 1.79 bits per heavy atom. The summed E-state index contributed by atoms with van der Waals surface area (Å²) in [5.74, 6) is -2.24. The normalized spacial score (nSPS) is 16.6. The van der Waals surface area contributed by atoms with Crippen LogP contribution < -0.4 is 10.9 Å². The highest BCUT2D eigenvalue weighted by Gasteiger charge is 2.46. The molecule has 0 saturated carbocycles. The van der Waals surface area contributed by atoms with Crippen LogP contribution in [-0.2, 0) is 29.5 Å². The summed E-state index contributed by atoms with van der Waals surface area (Å²) < 4.78 is 58.1. The number of hydrogen-bond donors (Lipinski definition) is 2. The first-order chi connectivity index (χ1) is 26.6. The molecule has 2 amide bonds. The van der Waals surface area contributed by atoms with Crippen molar-refractivity contribution in [2.24, 2.45) is 0 Å². The maximum Gasteiger partial charge on any atom is 0.416 e. The summed E-state index contributed by atoms with van der Waals surface area (Å²) in [7, 11) is 0.